The van der Waals surface area contributed by atoms with Gasteiger partial charge in [0.25, 0.3) is 0 Å². The van der Waals surface area contributed by atoms with Crippen molar-refractivity contribution in [2.45, 2.75) is 11.8 Å². The second-order valence-corrected chi connectivity index (χ2v) is 6.80. The molecule has 0 fully saturated rings. The number of nitrogens with zero attached hydrogens (tertiary/aromatic N) is 3. The Morgan fingerprint density at radius 2 is 1.85 bits per heavy atom. The third kappa shape index (κ3) is 4.89. The van der Waals surface area contributed by atoms with E-state index in [2.05, 4.69) is 10.2 Å². The van der Waals surface area contributed by atoms with E-state index < -0.39 is 0 Å². The fourth-order valence-corrected chi connectivity index (χ4v) is 3.06. The van der Waals surface area contributed by atoms with Gasteiger partial charge in [0, 0.05) is 12.8 Å². The van der Waals surface area contributed by atoms with Gasteiger partial charge in [-0.25, -0.2) is 4.39 Å². The first-order valence-electron chi connectivity index (χ1n) is 7.90. The Bertz CT molecular complexity index is 858. The SMILES string of the molecule is Cn1c(COc2ccccc2Cl)nnc1SCCOc1ccc(F)cc1. The molecule has 2 aromatic carbocycles. The molecular weight excluding hydrogens is 377 g/mol. The van der Waals surface area contributed by atoms with Crippen molar-refractivity contribution in [3.05, 3.63) is 65.2 Å². The molecule has 0 aliphatic heterocycles. The maximum absolute atomic E-state index is 12.8. The molecule has 0 radical (unpaired) electrons. The molecule has 1 heterocycles. The average molecular weight is 394 g/mol. The summed E-state index contributed by atoms with van der Waals surface area (Å²) in [7, 11) is 1.88. The molecule has 26 heavy (non-hydrogen) atoms. The van der Waals surface area contributed by atoms with Crippen LogP contribution in [0.2, 0.25) is 5.02 Å². The van der Waals surface area contributed by atoms with Gasteiger partial charge in [0.05, 0.1) is 11.6 Å². The van der Waals surface area contributed by atoms with E-state index in [4.69, 9.17) is 21.1 Å². The molecule has 1 aromatic heterocycles. The maximum Gasteiger partial charge on any atom is 0.191 e. The van der Waals surface area contributed by atoms with Crippen molar-refractivity contribution in [3.8, 4) is 11.5 Å². The number of benzene rings is 2. The van der Waals surface area contributed by atoms with Gasteiger partial charge in [0.15, 0.2) is 11.0 Å². The van der Waals surface area contributed by atoms with Crippen molar-refractivity contribution < 1.29 is 13.9 Å². The van der Waals surface area contributed by atoms with Crippen LogP contribution in [0.25, 0.3) is 0 Å². The molecule has 136 valence electrons. The lowest BCUT2D eigenvalue weighted by atomic mass is 10.3. The van der Waals surface area contributed by atoms with Gasteiger partial charge >= 0.3 is 0 Å². The van der Waals surface area contributed by atoms with Crippen LogP contribution in [0, 0.1) is 5.82 Å². The number of halogens is 2. The van der Waals surface area contributed by atoms with Gasteiger partial charge in [-0.2, -0.15) is 0 Å². The predicted molar refractivity (Wildman–Crippen MR) is 99.4 cm³/mol. The zero-order valence-corrected chi connectivity index (χ0v) is 15.6. The topological polar surface area (TPSA) is 49.2 Å². The quantitative estimate of drug-likeness (QED) is 0.420. The van der Waals surface area contributed by atoms with Crippen LogP contribution < -0.4 is 9.47 Å². The summed E-state index contributed by atoms with van der Waals surface area (Å²) in [5.41, 5.74) is 0. The second kappa shape index (κ2) is 8.91. The Labute approximate surface area is 160 Å². The maximum atomic E-state index is 12.8. The van der Waals surface area contributed by atoms with Crippen molar-refractivity contribution in [2.24, 2.45) is 7.05 Å². The van der Waals surface area contributed by atoms with Gasteiger partial charge in [-0.15, -0.1) is 10.2 Å². The summed E-state index contributed by atoms with van der Waals surface area (Å²) >= 11 is 7.60. The standard InChI is InChI=1S/C18H17ClFN3O2S/c1-23-17(12-25-16-5-3-2-4-15(16)19)21-22-18(23)26-11-10-24-14-8-6-13(20)7-9-14/h2-9H,10-12H2,1H3. The minimum Gasteiger partial charge on any atom is -0.493 e. The Morgan fingerprint density at radius 3 is 2.62 bits per heavy atom. The molecule has 3 rings (SSSR count). The van der Waals surface area contributed by atoms with Crippen molar-refractivity contribution in [2.75, 3.05) is 12.4 Å². The molecular formula is C18H17ClFN3O2S. The number of hydrogen-bond donors (Lipinski definition) is 0. The first-order valence-corrected chi connectivity index (χ1v) is 9.26. The fraction of sp³-hybridized carbons (Fsp3) is 0.222. The van der Waals surface area contributed by atoms with Crippen molar-refractivity contribution in [3.63, 3.8) is 0 Å². The molecule has 0 amide bonds. The molecule has 0 N–H and O–H groups in total. The van der Waals surface area contributed by atoms with Gasteiger partial charge in [0.2, 0.25) is 0 Å². The van der Waals surface area contributed by atoms with Crippen LogP contribution in [0.1, 0.15) is 5.82 Å². The molecule has 0 aliphatic carbocycles. The summed E-state index contributed by atoms with van der Waals surface area (Å²) in [6.45, 7) is 0.758. The van der Waals surface area contributed by atoms with Crippen molar-refractivity contribution in [1.82, 2.24) is 14.8 Å². The average Bonchev–Trinajstić information content (AvgIpc) is 2.99. The molecule has 0 atom stereocenters. The van der Waals surface area contributed by atoms with Gasteiger partial charge in [-0.1, -0.05) is 35.5 Å². The zero-order chi connectivity index (χ0) is 18.4. The lowest BCUT2D eigenvalue weighted by molar-refractivity contribution is 0.290. The van der Waals surface area contributed by atoms with Gasteiger partial charge in [0.1, 0.15) is 23.9 Å². The highest BCUT2D eigenvalue weighted by atomic mass is 35.5. The monoisotopic (exact) mass is 393 g/mol. The van der Waals surface area contributed by atoms with Crippen molar-refractivity contribution in [1.29, 1.82) is 0 Å². The predicted octanol–water partition coefficient (Wildman–Crippen LogP) is 4.36. The Hall–Kier alpha value is -2.25. The van der Waals surface area contributed by atoms with E-state index in [1.165, 1.54) is 23.9 Å². The highest BCUT2D eigenvalue weighted by Crippen LogP contribution is 2.24. The van der Waals surface area contributed by atoms with E-state index in [1.807, 2.05) is 23.7 Å². The molecule has 0 aliphatic rings. The molecule has 0 saturated heterocycles. The molecule has 0 bridgehead atoms. The van der Waals surface area contributed by atoms with Crippen LogP contribution in [-0.4, -0.2) is 27.1 Å². The zero-order valence-electron chi connectivity index (χ0n) is 14.1. The minimum absolute atomic E-state index is 0.278. The van der Waals surface area contributed by atoms with E-state index >= 15 is 0 Å². The van der Waals surface area contributed by atoms with Crippen LogP contribution in [0.4, 0.5) is 4.39 Å². The summed E-state index contributed by atoms with van der Waals surface area (Å²) in [5.74, 6) is 2.36. The van der Waals surface area contributed by atoms with Crippen molar-refractivity contribution >= 4 is 23.4 Å². The Kier molecular flexibility index (Phi) is 6.35. The van der Waals surface area contributed by atoms with E-state index in [1.54, 1.807) is 24.3 Å². The van der Waals surface area contributed by atoms with E-state index in [0.29, 0.717) is 34.7 Å². The first-order chi connectivity index (χ1) is 12.6. The van der Waals surface area contributed by atoms with E-state index in [0.717, 1.165) is 5.16 Å². The number of aromatic nitrogens is 3. The first kappa shape index (κ1) is 18.5. The molecule has 3 aromatic rings. The molecule has 8 heteroatoms. The number of hydrogen-bond acceptors (Lipinski definition) is 5. The normalized spacial score (nSPS) is 10.7. The molecule has 0 saturated carbocycles. The fourth-order valence-electron chi connectivity index (χ4n) is 2.12. The smallest absolute Gasteiger partial charge is 0.191 e. The van der Waals surface area contributed by atoms with Gasteiger partial charge in [-0.05, 0) is 36.4 Å². The highest BCUT2D eigenvalue weighted by Gasteiger charge is 2.10. The van der Waals surface area contributed by atoms with E-state index in [9.17, 15) is 4.39 Å². The number of para-hydroxylation sites is 1. The Morgan fingerprint density at radius 1 is 1.08 bits per heavy atom. The summed E-state index contributed by atoms with van der Waals surface area (Å²) in [6.07, 6.45) is 0. The van der Waals surface area contributed by atoms with Gasteiger partial charge < -0.3 is 14.0 Å². The minimum atomic E-state index is -0.280. The number of ether oxygens (including phenoxy) is 2. The third-order valence-electron chi connectivity index (χ3n) is 3.52. The summed E-state index contributed by atoms with van der Waals surface area (Å²) in [6, 6.07) is 13.2. The largest absolute Gasteiger partial charge is 0.493 e. The van der Waals surface area contributed by atoms with Crippen LogP contribution in [-0.2, 0) is 13.7 Å². The Balaban J connectivity index is 1.47. The van der Waals surface area contributed by atoms with Crippen LogP contribution in [0.3, 0.4) is 0 Å². The van der Waals surface area contributed by atoms with Crippen LogP contribution in [0.5, 0.6) is 11.5 Å². The number of thioether (sulfide) groups is 1. The summed E-state index contributed by atoms with van der Waals surface area (Å²) < 4.78 is 26.0. The number of rotatable bonds is 8. The summed E-state index contributed by atoms with van der Waals surface area (Å²) in [4.78, 5) is 0. The van der Waals surface area contributed by atoms with Crippen LogP contribution >= 0.6 is 23.4 Å². The summed E-state index contributed by atoms with van der Waals surface area (Å²) in [5, 5.41) is 9.64. The lowest BCUT2D eigenvalue weighted by Gasteiger charge is -2.08. The highest BCUT2D eigenvalue weighted by molar-refractivity contribution is 7.99. The molecule has 0 spiro atoms. The third-order valence-corrected chi connectivity index (χ3v) is 4.81. The second-order valence-electron chi connectivity index (χ2n) is 5.33. The molecule has 5 nitrogen and oxygen atoms in total. The molecule has 0 unspecified atom stereocenters. The van der Waals surface area contributed by atoms with E-state index in [-0.39, 0.29) is 12.4 Å². The lowest BCUT2D eigenvalue weighted by Crippen LogP contribution is -2.05. The van der Waals surface area contributed by atoms with Gasteiger partial charge in [-0.3, -0.25) is 0 Å². The van der Waals surface area contributed by atoms with Crippen LogP contribution in [0.15, 0.2) is 53.7 Å².